The lowest BCUT2D eigenvalue weighted by atomic mass is 10.1. The lowest BCUT2D eigenvalue weighted by Gasteiger charge is -2.31. The second kappa shape index (κ2) is 6.99. The third kappa shape index (κ3) is 4.13. The van der Waals surface area contributed by atoms with Gasteiger partial charge >= 0.3 is 0 Å². The molecule has 1 N–H and O–H groups in total. The van der Waals surface area contributed by atoms with E-state index >= 15 is 0 Å². The minimum absolute atomic E-state index is 0.308. The van der Waals surface area contributed by atoms with E-state index in [0.717, 1.165) is 18.1 Å². The van der Waals surface area contributed by atoms with Crippen LogP contribution in [0.15, 0.2) is 6.33 Å². The third-order valence-electron chi connectivity index (χ3n) is 3.24. The number of rotatable bonds is 5. The predicted molar refractivity (Wildman–Crippen MR) is 82.7 cm³/mol. The number of nitrogens with zero attached hydrogens (tertiary/aromatic N) is 3. The number of aliphatic hydroxyl groups excluding tert-OH is 1. The summed E-state index contributed by atoms with van der Waals surface area (Å²) < 4.78 is 1.93. The molecule has 19 heavy (non-hydrogen) atoms. The normalized spacial score (nSPS) is 25.7. The quantitative estimate of drug-likeness (QED) is 0.902. The molecule has 0 aromatic carbocycles. The van der Waals surface area contributed by atoms with Gasteiger partial charge in [0, 0.05) is 35.0 Å². The van der Waals surface area contributed by atoms with Gasteiger partial charge in [0.2, 0.25) is 0 Å². The van der Waals surface area contributed by atoms with E-state index in [9.17, 15) is 5.11 Å². The Morgan fingerprint density at radius 1 is 1.42 bits per heavy atom. The summed E-state index contributed by atoms with van der Waals surface area (Å²) in [4.78, 5) is 4.30. The zero-order chi connectivity index (χ0) is 13.8. The van der Waals surface area contributed by atoms with E-state index in [4.69, 9.17) is 0 Å². The van der Waals surface area contributed by atoms with Crippen LogP contribution in [0.4, 0.5) is 0 Å². The van der Waals surface area contributed by atoms with Crippen LogP contribution in [0.25, 0.3) is 0 Å². The summed E-state index contributed by atoms with van der Waals surface area (Å²) in [6.07, 6.45) is 1.87. The number of aromatic nitrogens is 3. The van der Waals surface area contributed by atoms with E-state index in [1.165, 1.54) is 5.75 Å². The van der Waals surface area contributed by atoms with Gasteiger partial charge in [-0.25, -0.2) is 9.67 Å². The maximum absolute atomic E-state index is 10.5. The first kappa shape index (κ1) is 15.2. The van der Waals surface area contributed by atoms with E-state index in [2.05, 4.69) is 30.9 Å². The molecule has 1 aromatic rings. The van der Waals surface area contributed by atoms with Gasteiger partial charge in [-0.3, -0.25) is 0 Å². The molecule has 1 aliphatic heterocycles. The second-order valence-electron chi connectivity index (χ2n) is 5.44. The minimum Gasteiger partial charge on any atom is -0.391 e. The van der Waals surface area contributed by atoms with Gasteiger partial charge in [-0.15, -0.1) is 0 Å². The molecular weight excluding hydrogens is 278 g/mol. The molecule has 4 nitrogen and oxygen atoms in total. The van der Waals surface area contributed by atoms with Crippen molar-refractivity contribution in [2.45, 2.75) is 50.3 Å². The average molecular weight is 301 g/mol. The summed E-state index contributed by atoms with van der Waals surface area (Å²) in [5, 5.41) is 15.5. The molecule has 0 spiro atoms. The largest absolute Gasteiger partial charge is 0.391 e. The second-order valence-corrected chi connectivity index (χ2v) is 8.21. The van der Waals surface area contributed by atoms with Gasteiger partial charge in [-0.2, -0.15) is 28.6 Å². The number of thioether (sulfide) groups is 2. The first-order valence-corrected chi connectivity index (χ1v) is 8.95. The first-order chi connectivity index (χ1) is 9.08. The third-order valence-corrected chi connectivity index (χ3v) is 6.48. The molecule has 0 aliphatic carbocycles. The van der Waals surface area contributed by atoms with Gasteiger partial charge in [-0.1, -0.05) is 20.8 Å². The summed E-state index contributed by atoms with van der Waals surface area (Å²) in [6.45, 7) is 7.41. The van der Waals surface area contributed by atoms with Gasteiger partial charge in [0.25, 0.3) is 0 Å². The van der Waals surface area contributed by atoms with Gasteiger partial charge < -0.3 is 5.11 Å². The maximum atomic E-state index is 10.5. The number of hydrogen-bond acceptors (Lipinski definition) is 5. The van der Waals surface area contributed by atoms with Crippen molar-refractivity contribution >= 4 is 23.5 Å². The Labute approximate surface area is 123 Å². The van der Waals surface area contributed by atoms with Crippen LogP contribution in [-0.2, 0) is 13.0 Å². The van der Waals surface area contributed by atoms with Crippen molar-refractivity contribution in [3.63, 3.8) is 0 Å². The zero-order valence-electron chi connectivity index (χ0n) is 11.8. The van der Waals surface area contributed by atoms with Crippen molar-refractivity contribution in [3.05, 3.63) is 12.2 Å². The molecule has 0 amide bonds. The molecule has 3 unspecified atom stereocenters. The number of hydrogen-bond donors (Lipinski definition) is 1. The predicted octanol–water partition coefficient (Wildman–Crippen LogP) is 2.07. The Balaban J connectivity index is 1.98. The van der Waals surface area contributed by atoms with Gasteiger partial charge in [0.05, 0.1) is 6.10 Å². The summed E-state index contributed by atoms with van der Waals surface area (Å²) in [5.41, 5.74) is 0. The molecule has 1 aromatic heterocycles. The molecule has 0 radical (unpaired) electrons. The van der Waals surface area contributed by atoms with E-state index in [-0.39, 0.29) is 6.10 Å². The Morgan fingerprint density at radius 2 is 2.16 bits per heavy atom. The smallest absolute Gasteiger partial charge is 0.138 e. The molecule has 1 aliphatic rings. The molecule has 2 rings (SSSR count). The fourth-order valence-electron chi connectivity index (χ4n) is 2.32. The first-order valence-electron chi connectivity index (χ1n) is 6.86. The summed E-state index contributed by atoms with van der Waals surface area (Å²) >= 11 is 3.85. The number of aliphatic hydroxyl groups is 1. The average Bonchev–Trinajstić information content (AvgIpc) is 2.76. The topological polar surface area (TPSA) is 50.9 Å². The SMILES string of the molecule is CC(C)Cn1ncnc1CC(O)C1SCCSC1C. The van der Waals surface area contributed by atoms with Crippen LogP contribution in [0.5, 0.6) is 0 Å². The molecule has 2 heterocycles. The molecule has 1 saturated heterocycles. The van der Waals surface area contributed by atoms with Crippen molar-refractivity contribution in [3.8, 4) is 0 Å². The lowest BCUT2D eigenvalue weighted by molar-refractivity contribution is 0.166. The Bertz CT molecular complexity index is 397. The highest BCUT2D eigenvalue weighted by molar-refractivity contribution is 8.07. The van der Waals surface area contributed by atoms with Gasteiger partial charge in [-0.05, 0) is 5.92 Å². The van der Waals surface area contributed by atoms with Crippen molar-refractivity contribution in [2.75, 3.05) is 11.5 Å². The monoisotopic (exact) mass is 301 g/mol. The summed E-state index contributed by atoms with van der Waals surface area (Å²) in [5.74, 6) is 3.77. The van der Waals surface area contributed by atoms with Crippen LogP contribution >= 0.6 is 23.5 Å². The van der Waals surface area contributed by atoms with Crippen molar-refractivity contribution < 1.29 is 5.11 Å². The molecule has 0 saturated carbocycles. The molecular formula is C13H23N3OS2. The fourth-order valence-corrected chi connectivity index (χ4v) is 5.17. The Kier molecular flexibility index (Phi) is 5.59. The Morgan fingerprint density at radius 3 is 2.84 bits per heavy atom. The van der Waals surface area contributed by atoms with E-state index < -0.39 is 0 Å². The van der Waals surface area contributed by atoms with E-state index in [0.29, 0.717) is 22.8 Å². The highest BCUT2D eigenvalue weighted by Crippen LogP contribution is 2.33. The molecule has 0 bridgehead atoms. The van der Waals surface area contributed by atoms with Crippen molar-refractivity contribution in [1.29, 1.82) is 0 Å². The van der Waals surface area contributed by atoms with Gasteiger partial charge in [0.15, 0.2) is 0 Å². The van der Waals surface area contributed by atoms with Crippen LogP contribution in [0.2, 0.25) is 0 Å². The van der Waals surface area contributed by atoms with Crippen LogP contribution in [0.1, 0.15) is 26.6 Å². The molecule has 3 atom stereocenters. The minimum atomic E-state index is -0.331. The molecule has 6 heteroatoms. The van der Waals surface area contributed by atoms with Gasteiger partial charge in [0.1, 0.15) is 12.2 Å². The summed E-state index contributed by atoms with van der Waals surface area (Å²) in [6, 6.07) is 0. The highest BCUT2D eigenvalue weighted by atomic mass is 32.2. The molecule has 108 valence electrons. The van der Waals surface area contributed by atoms with Crippen LogP contribution in [0, 0.1) is 5.92 Å². The summed E-state index contributed by atoms with van der Waals surface area (Å²) in [7, 11) is 0. The molecule has 1 fully saturated rings. The lowest BCUT2D eigenvalue weighted by Crippen LogP contribution is -2.36. The fraction of sp³-hybridized carbons (Fsp3) is 0.846. The van der Waals surface area contributed by atoms with Crippen molar-refractivity contribution in [1.82, 2.24) is 14.8 Å². The van der Waals surface area contributed by atoms with Crippen LogP contribution < -0.4 is 0 Å². The van der Waals surface area contributed by atoms with E-state index in [1.54, 1.807) is 6.33 Å². The standard InChI is InChI=1S/C13H23N3OS2/c1-9(2)7-16-12(14-8-15-16)6-11(17)13-10(3)18-4-5-19-13/h8-11,13,17H,4-7H2,1-3H3. The maximum Gasteiger partial charge on any atom is 0.138 e. The highest BCUT2D eigenvalue weighted by Gasteiger charge is 2.30. The zero-order valence-corrected chi connectivity index (χ0v) is 13.5. The Hall–Kier alpha value is -0.200. The van der Waals surface area contributed by atoms with E-state index in [1.807, 2.05) is 28.2 Å². The van der Waals surface area contributed by atoms with Crippen LogP contribution in [-0.4, -0.2) is 48.0 Å². The van der Waals surface area contributed by atoms with Crippen molar-refractivity contribution in [2.24, 2.45) is 5.92 Å². The van der Waals surface area contributed by atoms with Crippen LogP contribution in [0.3, 0.4) is 0 Å².